The average Bonchev–Trinajstić information content (AvgIpc) is 3.09. The predicted octanol–water partition coefficient (Wildman–Crippen LogP) is 2.07. The summed E-state index contributed by atoms with van der Waals surface area (Å²) in [6.45, 7) is 6.99. The van der Waals surface area contributed by atoms with Crippen molar-refractivity contribution in [2.75, 3.05) is 29.9 Å². The van der Waals surface area contributed by atoms with Crippen molar-refractivity contribution in [1.29, 1.82) is 0 Å². The maximum absolute atomic E-state index is 9.31. The monoisotopic (exact) mass is 330 g/mol. The molecule has 0 saturated carbocycles. The molecule has 0 bridgehead atoms. The zero-order valence-corrected chi connectivity index (χ0v) is 14.4. The van der Waals surface area contributed by atoms with E-state index >= 15 is 0 Å². The molecule has 7 heteroatoms. The third-order valence-electron chi connectivity index (χ3n) is 4.60. The van der Waals surface area contributed by atoms with Gasteiger partial charge in [-0.15, -0.1) is 5.10 Å². The van der Waals surface area contributed by atoms with Gasteiger partial charge in [0, 0.05) is 19.7 Å². The minimum atomic E-state index is 0.240. The predicted molar refractivity (Wildman–Crippen MR) is 94.0 cm³/mol. The van der Waals surface area contributed by atoms with E-state index < -0.39 is 0 Å². The molecule has 0 amide bonds. The maximum atomic E-state index is 9.31. The van der Waals surface area contributed by atoms with Gasteiger partial charge in [-0.05, 0) is 55.2 Å². The van der Waals surface area contributed by atoms with Crippen molar-refractivity contribution in [3.8, 4) is 0 Å². The lowest BCUT2D eigenvalue weighted by atomic mass is 9.97. The first-order chi connectivity index (χ1) is 11.7. The Morgan fingerprint density at radius 2 is 2.00 bits per heavy atom. The van der Waals surface area contributed by atoms with Crippen LogP contribution in [0.3, 0.4) is 0 Å². The van der Waals surface area contributed by atoms with Crippen LogP contribution in [0.25, 0.3) is 0 Å². The number of aromatic nitrogens is 4. The Kier molecular flexibility index (Phi) is 5.30. The van der Waals surface area contributed by atoms with Crippen LogP contribution in [0.4, 0.5) is 11.4 Å². The Hall–Kier alpha value is -2.15. The van der Waals surface area contributed by atoms with Gasteiger partial charge in [-0.1, -0.05) is 12.1 Å². The van der Waals surface area contributed by atoms with Crippen LogP contribution in [0, 0.1) is 5.92 Å². The van der Waals surface area contributed by atoms with Gasteiger partial charge in [-0.25, -0.2) is 4.68 Å². The summed E-state index contributed by atoms with van der Waals surface area (Å²) in [6, 6.07) is 8.59. The molecule has 1 aliphatic rings. The third-order valence-corrected chi connectivity index (χ3v) is 4.60. The van der Waals surface area contributed by atoms with Gasteiger partial charge >= 0.3 is 0 Å². The van der Waals surface area contributed by atoms with E-state index in [-0.39, 0.29) is 6.04 Å². The van der Waals surface area contributed by atoms with Gasteiger partial charge in [0.2, 0.25) is 0 Å². The molecule has 1 aromatic carbocycles. The molecule has 24 heavy (non-hydrogen) atoms. The van der Waals surface area contributed by atoms with E-state index in [1.54, 1.807) is 0 Å². The zero-order valence-electron chi connectivity index (χ0n) is 14.4. The minimum absolute atomic E-state index is 0.240. The Morgan fingerprint density at radius 1 is 1.25 bits per heavy atom. The summed E-state index contributed by atoms with van der Waals surface area (Å²) >= 11 is 0. The van der Waals surface area contributed by atoms with Gasteiger partial charge in [-0.3, -0.25) is 0 Å². The van der Waals surface area contributed by atoms with E-state index in [0.29, 0.717) is 19.1 Å². The van der Waals surface area contributed by atoms with Gasteiger partial charge in [0.05, 0.1) is 24.0 Å². The Balaban J connectivity index is 1.69. The van der Waals surface area contributed by atoms with E-state index in [9.17, 15) is 5.11 Å². The molecule has 130 valence electrons. The lowest BCUT2D eigenvalue weighted by Gasteiger charge is -2.34. The SMILES string of the molecule is CC(C)n1nnnc1CNc1ccccc1N1CCC(CO)CC1. The van der Waals surface area contributed by atoms with Crippen LogP contribution in [0.5, 0.6) is 0 Å². The highest BCUT2D eigenvalue weighted by Crippen LogP contribution is 2.30. The fourth-order valence-corrected chi connectivity index (χ4v) is 3.16. The molecule has 1 saturated heterocycles. The summed E-state index contributed by atoms with van der Waals surface area (Å²) in [6.07, 6.45) is 2.08. The molecule has 2 heterocycles. The number of rotatable bonds is 6. The van der Waals surface area contributed by atoms with Crippen molar-refractivity contribution in [2.45, 2.75) is 39.3 Å². The Labute approximate surface area is 142 Å². The number of para-hydroxylation sites is 2. The standard InChI is InChI=1S/C17H26N6O/c1-13(2)23-17(19-20-21-23)11-18-15-5-3-4-6-16(15)22-9-7-14(12-24)8-10-22/h3-6,13-14,18,24H,7-12H2,1-2H3. The Bertz CT molecular complexity index is 648. The number of benzene rings is 1. The van der Waals surface area contributed by atoms with Gasteiger partial charge in [-0.2, -0.15) is 0 Å². The van der Waals surface area contributed by atoms with E-state index in [0.717, 1.165) is 37.4 Å². The largest absolute Gasteiger partial charge is 0.396 e. The highest BCUT2D eigenvalue weighted by molar-refractivity contribution is 5.70. The highest BCUT2D eigenvalue weighted by Gasteiger charge is 2.20. The smallest absolute Gasteiger partial charge is 0.170 e. The van der Waals surface area contributed by atoms with Crippen LogP contribution >= 0.6 is 0 Å². The van der Waals surface area contributed by atoms with Crippen LogP contribution in [-0.4, -0.2) is 45.0 Å². The average molecular weight is 330 g/mol. The molecule has 2 N–H and O–H groups in total. The second-order valence-electron chi connectivity index (χ2n) is 6.62. The van der Waals surface area contributed by atoms with Crippen molar-refractivity contribution in [1.82, 2.24) is 20.2 Å². The van der Waals surface area contributed by atoms with Crippen molar-refractivity contribution >= 4 is 11.4 Å². The maximum Gasteiger partial charge on any atom is 0.170 e. The number of nitrogens with one attached hydrogen (secondary N) is 1. The zero-order chi connectivity index (χ0) is 16.9. The molecule has 1 aliphatic heterocycles. The van der Waals surface area contributed by atoms with Crippen molar-refractivity contribution in [3.63, 3.8) is 0 Å². The Morgan fingerprint density at radius 3 is 2.71 bits per heavy atom. The van der Waals surface area contributed by atoms with Crippen molar-refractivity contribution in [3.05, 3.63) is 30.1 Å². The van der Waals surface area contributed by atoms with E-state index in [2.05, 4.69) is 57.8 Å². The number of hydrogen-bond acceptors (Lipinski definition) is 6. The second kappa shape index (κ2) is 7.61. The lowest BCUT2D eigenvalue weighted by Crippen LogP contribution is -2.35. The summed E-state index contributed by atoms with van der Waals surface area (Å²) in [5.41, 5.74) is 2.30. The van der Waals surface area contributed by atoms with Crippen LogP contribution < -0.4 is 10.2 Å². The molecular weight excluding hydrogens is 304 g/mol. The molecule has 1 aromatic heterocycles. The first-order valence-corrected chi connectivity index (χ1v) is 8.64. The fourth-order valence-electron chi connectivity index (χ4n) is 3.16. The first kappa shape index (κ1) is 16.7. The van der Waals surface area contributed by atoms with Crippen LogP contribution in [0.2, 0.25) is 0 Å². The summed E-state index contributed by atoms with van der Waals surface area (Å²) < 4.78 is 1.84. The molecule has 0 radical (unpaired) electrons. The van der Waals surface area contributed by atoms with Gasteiger partial charge in [0.25, 0.3) is 0 Å². The number of piperidine rings is 1. The third kappa shape index (κ3) is 3.67. The summed E-state index contributed by atoms with van der Waals surface area (Å²) in [5.74, 6) is 1.27. The molecule has 2 aromatic rings. The molecular formula is C17H26N6O. The number of tetrazole rings is 1. The summed E-state index contributed by atoms with van der Waals surface area (Å²) in [7, 11) is 0. The molecule has 0 aliphatic carbocycles. The first-order valence-electron chi connectivity index (χ1n) is 8.64. The number of nitrogens with zero attached hydrogens (tertiary/aromatic N) is 5. The number of anilines is 2. The quantitative estimate of drug-likeness (QED) is 0.844. The van der Waals surface area contributed by atoms with Gasteiger partial charge < -0.3 is 15.3 Å². The van der Waals surface area contributed by atoms with Gasteiger partial charge in [0.1, 0.15) is 0 Å². The minimum Gasteiger partial charge on any atom is -0.396 e. The highest BCUT2D eigenvalue weighted by atomic mass is 16.3. The van der Waals surface area contributed by atoms with Gasteiger partial charge in [0.15, 0.2) is 5.82 Å². The van der Waals surface area contributed by atoms with E-state index in [1.165, 1.54) is 5.69 Å². The van der Waals surface area contributed by atoms with Crippen molar-refractivity contribution < 1.29 is 5.11 Å². The molecule has 0 atom stereocenters. The molecule has 7 nitrogen and oxygen atoms in total. The van der Waals surface area contributed by atoms with Crippen LogP contribution in [0.15, 0.2) is 24.3 Å². The van der Waals surface area contributed by atoms with Crippen LogP contribution in [0.1, 0.15) is 38.6 Å². The number of aliphatic hydroxyl groups excluding tert-OH is 1. The number of hydrogen-bond donors (Lipinski definition) is 2. The molecule has 3 rings (SSSR count). The second-order valence-corrected chi connectivity index (χ2v) is 6.62. The summed E-state index contributed by atoms with van der Waals surface area (Å²) in [5, 5.41) is 24.7. The van der Waals surface area contributed by atoms with Crippen LogP contribution in [-0.2, 0) is 6.54 Å². The van der Waals surface area contributed by atoms with E-state index in [1.807, 2.05) is 10.7 Å². The van der Waals surface area contributed by atoms with Crippen molar-refractivity contribution in [2.24, 2.45) is 5.92 Å². The fraction of sp³-hybridized carbons (Fsp3) is 0.588. The molecule has 0 unspecified atom stereocenters. The lowest BCUT2D eigenvalue weighted by molar-refractivity contribution is 0.203. The molecule has 1 fully saturated rings. The number of aliphatic hydroxyl groups is 1. The van der Waals surface area contributed by atoms with E-state index in [4.69, 9.17) is 0 Å². The topological polar surface area (TPSA) is 79.1 Å². The normalized spacial score (nSPS) is 15.9. The molecule has 0 spiro atoms. The summed E-state index contributed by atoms with van der Waals surface area (Å²) in [4.78, 5) is 2.39.